The highest BCUT2D eigenvalue weighted by atomic mass is 32.9. The summed E-state index contributed by atoms with van der Waals surface area (Å²) in [4.78, 5) is 52.6. The van der Waals surface area contributed by atoms with Crippen molar-refractivity contribution >= 4 is 40.8 Å². The van der Waals surface area contributed by atoms with E-state index < -0.39 is 47.3 Å². The van der Waals surface area contributed by atoms with E-state index in [0.29, 0.717) is 10.1 Å². The maximum atomic E-state index is 13.5. The molecule has 0 spiro atoms. The third kappa shape index (κ3) is 6.33. The van der Waals surface area contributed by atoms with Gasteiger partial charge in [0, 0.05) is 29.0 Å². The fourth-order valence-electron chi connectivity index (χ4n) is 4.55. The molecule has 2 aliphatic rings. The Labute approximate surface area is 245 Å². The zero-order valence-electron chi connectivity index (χ0n) is 22.6. The van der Waals surface area contributed by atoms with Crippen LogP contribution in [0.5, 0.6) is 0 Å². The van der Waals surface area contributed by atoms with Crippen LogP contribution in [0.4, 0.5) is 0 Å². The number of nitrogens with zero attached hydrogens (tertiary/aromatic N) is 2. The SMILES string of the molecule is Cc1cn([C@H]2C[C@H](OC(=O)c3ccccc3)[C@@H](COP3(=S)O[C@H](C)[C@H](C)S3)O2)c(=O)n(C(=O)c2ccccc2)c1=O. The summed E-state index contributed by atoms with van der Waals surface area (Å²) in [6.07, 6.45) is -1.19. The summed E-state index contributed by atoms with van der Waals surface area (Å²) in [7, 11) is 0. The number of aryl methyl sites for hydroxylation is 1. The molecule has 2 fully saturated rings. The first-order valence-electron chi connectivity index (χ1n) is 13.0. The van der Waals surface area contributed by atoms with Crippen LogP contribution in [-0.2, 0) is 30.3 Å². The molecule has 3 aromatic rings. The average Bonchev–Trinajstić information content (AvgIpc) is 3.48. The van der Waals surface area contributed by atoms with Crippen molar-refractivity contribution < 1.29 is 28.1 Å². The molecule has 5 rings (SSSR count). The van der Waals surface area contributed by atoms with E-state index in [2.05, 4.69) is 0 Å². The predicted octanol–water partition coefficient (Wildman–Crippen LogP) is 4.30. The van der Waals surface area contributed by atoms with Crippen molar-refractivity contribution in [2.24, 2.45) is 0 Å². The van der Waals surface area contributed by atoms with E-state index in [0.717, 1.165) is 0 Å². The third-order valence-electron chi connectivity index (χ3n) is 6.92. The van der Waals surface area contributed by atoms with Crippen LogP contribution >= 0.6 is 17.1 Å². The molecule has 0 aliphatic carbocycles. The van der Waals surface area contributed by atoms with Gasteiger partial charge >= 0.3 is 11.7 Å². The van der Waals surface area contributed by atoms with Gasteiger partial charge < -0.3 is 18.5 Å². The van der Waals surface area contributed by atoms with Crippen molar-refractivity contribution in [3.05, 3.63) is 104 Å². The Balaban J connectivity index is 1.44. The maximum absolute atomic E-state index is 13.5. The summed E-state index contributed by atoms with van der Waals surface area (Å²) in [5.41, 5.74) is -3.52. The van der Waals surface area contributed by atoms with Gasteiger partial charge in [0.15, 0.2) is 0 Å². The van der Waals surface area contributed by atoms with Crippen LogP contribution in [0.2, 0.25) is 0 Å². The Morgan fingerprint density at radius 1 is 1.05 bits per heavy atom. The van der Waals surface area contributed by atoms with E-state index in [4.69, 9.17) is 30.3 Å². The Hall–Kier alpha value is -2.86. The fraction of sp³-hybridized carbons (Fsp3) is 0.357. The molecule has 2 aliphatic heterocycles. The minimum absolute atomic E-state index is 0.0384. The highest BCUT2D eigenvalue weighted by Gasteiger charge is 2.43. The lowest BCUT2D eigenvalue weighted by Crippen LogP contribution is -2.45. The number of hydrogen-bond acceptors (Lipinski definition) is 10. The van der Waals surface area contributed by atoms with Gasteiger partial charge in [-0.25, -0.2) is 9.59 Å². The van der Waals surface area contributed by atoms with Gasteiger partial charge in [-0.15, -0.1) is 0 Å². The molecular formula is C28H29N2O8PS2. The van der Waals surface area contributed by atoms with Gasteiger partial charge in [0.05, 0.1) is 18.3 Å². The van der Waals surface area contributed by atoms with Crippen LogP contribution in [0.1, 0.15) is 52.8 Å². The number of hydrogen-bond donors (Lipinski definition) is 0. The summed E-state index contributed by atoms with van der Waals surface area (Å²) in [5, 5.41) is 0.162. The molecule has 2 saturated heterocycles. The standard InChI is InChI=1S/C28H29N2O8PS2/c1-17-15-29(28(34)30(25(17)31)26(32)20-10-6-4-7-11-20)24-14-22(37-27(33)21-12-8-5-9-13-21)23(36-24)16-35-39(40)38-18(2)19(3)41-39/h4-13,15,18-19,22-24H,14,16H2,1-3H3/t18-,19+,22+,23-,24-,39?/m1/s1. The second-order valence-electron chi connectivity index (χ2n) is 9.85. The number of benzene rings is 2. The summed E-state index contributed by atoms with van der Waals surface area (Å²) in [6.45, 7) is 5.42. The van der Waals surface area contributed by atoms with E-state index in [1.54, 1.807) is 48.5 Å². The molecule has 41 heavy (non-hydrogen) atoms. The van der Waals surface area contributed by atoms with Gasteiger partial charge in [0.2, 0.25) is 5.69 Å². The molecule has 3 heterocycles. The highest BCUT2D eigenvalue weighted by Crippen LogP contribution is 2.69. The lowest BCUT2D eigenvalue weighted by molar-refractivity contribution is -0.0480. The van der Waals surface area contributed by atoms with Crippen molar-refractivity contribution in [2.45, 2.75) is 57.0 Å². The zero-order valence-corrected chi connectivity index (χ0v) is 25.1. The minimum Gasteiger partial charge on any atom is -0.456 e. The van der Waals surface area contributed by atoms with E-state index in [1.807, 2.05) is 13.8 Å². The Bertz CT molecular complexity index is 1600. The molecule has 1 aromatic heterocycles. The van der Waals surface area contributed by atoms with Crippen LogP contribution in [0.15, 0.2) is 76.4 Å². The van der Waals surface area contributed by atoms with Crippen molar-refractivity contribution in [2.75, 3.05) is 6.61 Å². The average molecular weight is 617 g/mol. The van der Waals surface area contributed by atoms with Crippen molar-refractivity contribution in [1.29, 1.82) is 0 Å². The van der Waals surface area contributed by atoms with Crippen LogP contribution in [-0.4, -0.2) is 51.2 Å². The molecule has 216 valence electrons. The lowest BCUT2D eigenvalue weighted by Gasteiger charge is -2.22. The van der Waals surface area contributed by atoms with Crippen molar-refractivity contribution in [1.82, 2.24) is 9.13 Å². The molecule has 2 aromatic carbocycles. The normalized spacial score (nSPS) is 27.5. The first kappa shape index (κ1) is 29.6. The number of rotatable bonds is 7. The number of esters is 1. The zero-order chi connectivity index (χ0) is 29.3. The van der Waals surface area contributed by atoms with E-state index >= 15 is 0 Å². The predicted molar refractivity (Wildman–Crippen MR) is 158 cm³/mol. The molecule has 1 unspecified atom stereocenters. The molecule has 0 radical (unpaired) electrons. The number of carbonyl (C=O) groups excluding carboxylic acids is 2. The largest absolute Gasteiger partial charge is 0.456 e. The summed E-state index contributed by atoms with van der Waals surface area (Å²) in [6, 6.07) is 16.6. The fourth-order valence-corrected chi connectivity index (χ4v) is 10.8. The van der Waals surface area contributed by atoms with Crippen molar-refractivity contribution in [3.8, 4) is 0 Å². The van der Waals surface area contributed by atoms with Crippen molar-refractivity contribution in [3.63, 3.8) is 0 Å². The van der Waals surface area contributed by atoms with Crippen LogP contribution in [0.3, 0.4) is 0 Å². The molecule has 6 atom stereocenters. The Morgan fingerprint density at radius 3 is 2.29 bits per heavy atom. The van der Waals surface area contributed by atoms with E-state index in [-0.39, 0.29) is 35.5 Å². The topological polar surface area (TPSA) is 115 Å². The first-order valence-corrected chi connectivity index (χ1v) is 17.2. The van der Waals surface area contributed by atoms with E-state index in [1.165, 1.54) is 41.2 Å². The second kappa shape index (κ2) is 12.2. The van der Waals surface area contributed by atoms with Gasteiger partial charge in [0.25, 0.3) is 11.5 Å². The molecule has 13 heteroatoms. The van der Waals surface area contributed by atoms with E-state index in [9.17, 15) is 19.2 Å². The van der Waals surface area contributed by atoms with Crippen LogP contribution in [0.25, 0.3) is 0 Å². The quantitative estimate of drug-likeness (QED) is 0.281. The summed E-state index contributed by atoms with van der Waals surface area (Å²) >= 11 is 7.13. The third-order valence-corrected chi connectivity index (χ3v) is 12.6. The monoisotopic (exact) mass is 616 g/mol. The van der Waals surface area contributed by atoms with Crippen LogP contribution < -0.4 is 11.2 Å². The van der Waals surface area contributed by atoms with Gasteiger partial charge in [0.1, 0.15) is 18.4 Å². The minimum atomic E-state index is -2.65. The molecule has 10 nitrogen and oxygen atoms in total. The van der Waals surface area contributed by atoms with Gasteiger partial charge in [-0.2, -0.15) is 4.57 Å². The maximum Gasteiger partial charge on any atom is 0.340 e. The Morgan fingerprint density at radius 2 is 1.68 bits per heavy atom. The number of aromatic nitrogens is 2. The lowest BCUT2D eigenvalue weighted by atomic mass is 10.1. The van der Waals surface area contributed by atoms with Gasteiger partial charge in [-0.1, -0.05) is 54.7 Å². The van der Waals surface area contributed by atoms with Gasteiger partial charge in [-0.05, 0) is 49.9 Å². The summed E-state index contributed by atoms with van der Waals surface area (Å²) in [5.74, 6) is -1.31. The van der Waals surface area contributed by atoms with Gasteiger partial charge in [-0.3, -0.25) is 14.2 Å². The molecule has 0 N–H and O–H groups in total. The summed E-state index contributed by atoms with van der Waals surface area (Å²) < 4.78 is 25.8. The molecule has 0 saturated carbocycles. The molecule has 0 amide bonds. The van der Waals surface area contributed by atoms with Crippen LogP contribution in [0, 0.1) is 6.92 Å². The highest BCUT2D eigenvalue weighted by molar-refractivity contribution is 8.68. The second-order valence-corrected chi connectivity index (χ2v) is 16.4. The number of carbonyl (C=O) groups is 2. The number of ether oxygens (including phenoxy) is 2. The first-order chi connectivity index (χ1) is 19.6. The molecular weight excluding hydrogens is 587 g/mol. The smallest absolute Gasteiger partial charge is 0.340 e. The Kier molecular flexibility index (Phi) is 8.79. The molecule has 0 bridgehead atoms.